The fourth-order valence-corrected chi connectivity index (χ4v) is 19.2. The second-order valence-corrected chi connectivity index (χ2v) is 30.2. The summed E-state index contributed by atoms with van der Waals surface area (Å²) >= 11 is 0. The molecule has 0 fully saturated rings. The van der Waals surface area contributed by atoms with Gasteiger partial charge in [-0.2, -0.15) is 0 Å². The first-order valence-corrected chi connectivity index (χ1v) is 38.9. The van der Waals surface area contributed by atoms with E-state index in [1.807, 2.05) is 0 Å². The van der Waals surface area contributed by atoms with Gasteiger partial charge in [-0.3, -0.25) is 0 Å². The lowest BCUT2D eigenvalue weighted by atomic mass is 9.66. The van der Waals surface area contributed by atoms with Crippen LogP contribution in [0.15, 0.2) is 413 Å². The molecular weight excluding hydrogens is 1350 g/mol. The predicted molar refractivity (Wildman–Crippen MR) is 472 cm³/mol. The van der Waals surface area contributed by atoms with Crippen molar-refractivity contribution in [2.24, 2.45) is 0 Å². The quantitative estimate of drug-likeness (QED) is 0.102. The van der Waals surface area contributed by atoms with E-state index in [1.165, 1.54) is 177 Å². The van der Waals surface area contributed by atoms with Gasteiger partial charge in [-0.05, 0) is 206 Å². The lowest BCUT2D eigenvalue weighted by Crippen LogP contribution is -2.29. The molecule has 0 saturated heterocycles. The van der Waals surface area contributed by atoms with Crippen LogP contribution in [-0.4, -0.2) is 9.13 Å². The van der Waals surface area contributed by atoms with E-state index in [0.29, 0.717) is 0 Å². The van der Waals surface area contributed by atoms with Crippen molar-refractivity contribution in [2.45, 2.75) is 10.8 Å². The molecule has 0 spiro atoms. The molecule has 0 N–H and O–H groups in total. The molecule has 0 saturated carbocycles. The first kappa shape index (κ1) is 64.7. The summed E-state index contributed by atoms with van der Waals surface area (Å²) < 4.78 is 4.87. The monoisotopic (exact) mass is 1420 g/mol. The van der Waals surface area contributed by atoms with E-state index in [2.05, 4.69) is 446 Å². The number of hydrogen-bond acceptors (Lipinski definition) is 0. The second-order valence-electron chi connectivity index (χ2n) is 30.2. The third-order valence-corrected chi connectivity index (χ3v) is 24.3. The van der Waals surface area contributed by atoms with Crippen LogP contribution in [0.1, 0.15) is 66.8 Å². The molecule has 2 heteroatoms. The number of nitrogens with zero attached hydrogens (tertiary/aromatic N) is 2. The molecule has 0 radical (unpaired) electrons. The molecule has 20 aromatic rings. The average molecular weight is 1420 g/mol. The smallest absolute Gasteiger partial charge is 0.0713 e. The van der Waals surface area contributed by atoms with Crippen molar-refractivity contribution in [3.63, 3.8) is 0 Å². The van der Waals surface area contributed by atoms with Gasteiger partial charge in [0.2, 0.25) is 0 Å². The molecule has 0 unspecified atom stereocenters. The van der Waals surface area contributed by atoms with Crippen LogP contribution in [0.3, 0.4) is 0 Å². The largest absolute Gasteiger partial charge is 0.309 e. The Kier molecular flexibility index (Phi) is 15.1. The summed E-state index contributed by atoms with van der Waals surface area (Å²) in [7, 11) is 0. The zero-order valence-electron chi connectivity index (χ0n) is 61.5. The van der Waals surface area contributed by atoms with E-state index in [4.69, 9.17) is 0 Å². The van der Waals surface area contributed by atoms with Gasteiger partial charge in [-0.15, -0.1) is 0 Å². The van der Waals surface area contributed by atoms with Crippen molar-refractivity contribution in [1.82, 2.24) is 9.13 Å². The standard InChI is InChI=1S/C110H72N2/c1-5-27-85(28-6-1)109(86-29-7-2-8-30-86)99-67-75(45-43-73-47-53-77(54-48-73)81-59-65-107-97(69-81)95-37-17-19-39-105(95)111(107)103-41-21-25-79-23-13-15-35-89(79)103)51-61-91(99)93-63-57-83(71-101(93)109)84-58-64-94-92-62-52-76(68-100(92)110(102(94)72-84,87-31-9-3-10-32-87)88-33-11-4-12-34-88)46-44-74-49-55-78(56-50-74)82-60-66-108-98(70-82)96-38-18-20-40-106(96)112(108)104-42-22-26-80-24-14-16-36-90(80)104/h1-72H/b45-43+,46-44+. The number of aromatic nitrogens is 2. The first-order valence-electron chi connectivity index (χ1n) is 38.9. The maximum Gasteiger partial charge on any atom is 0.0713 e. The van der Waals surface area contributed by atoms with Gasteiger partial charge >= 0.3 is 0 Å². The Morgan fingerprint density at radius 2 is 0.455 bits per heavy atom. The normalized spacial score (nSPS) is 13.2. The summed E-state index contributed by atoms with van der Waals surface area (Å²) in [6, 6.07) is 154. The van der Waals surface area contributed by atoms with Crippen LogP contribution < -0.4 is 0 Å². The van der Waals surface area contributed by atoms with Gasteiger partial charge in [0.05, 0.1) is 44.3 Å². The molecule has 18 aromatic carbocycles. The Morgan fingerprint density at radius 3 is 0.848 bits per heavy atom. The van der Waals surface area contributed by atoms with Crippen LogP contribution in [-0.2, 0) is 10.8 Å². The first-order chi connectivity index (χ1) is 55.5. The van der Waals surface area contributed by atoms with Gasteiger partial charge in [-0.25, -0.2) is 0 Å². The third-order valence-electron chi connectivity index (χ3n) is 24.3. The highest BCUT2D eigenvalue weighted by molar-refractivity contribution is 6.13. The summed E-state index contributed by atoms with van der Waals surface area (Å²) in [5.41, 5.74) is 32.6. The van der Waals surface area contributed by atoms with E-state index in [1.54, 1.807) is 0 Å². The van der Waals surface area contributed by atoms with Crippen molar-refractivity contribution in [3.8, 4) is 67.0 Å². The summed E-state index contributed by atoms with van der Waals surface area (Å²) in [5, 5.41) is 9.93. The van der Waals surface area contributed by atoms with Crippen LogP contribution in [0, 0.1) is 0 Å². The second kappa shape index (κ2) is 26.2. The molecule has 0 aliphatic heterocycles. The molecule has 0 bridgehead atoms. The predicted octanol–water partition coefficient (Wildman–Crippen LogP) is 28.3. The zero-order chi connectivity index (χ0) is 73.9. The van der Waals surface area contributed by atoms with Crippen LogP contribution in [0.5, 0.6) is 0 Å². The van der Waals surface area contributed by atoms with Crippen LogP contribution in [0.2, 0.25) is 0 Å². The van der Waals surface area contributed by atoms with Gasteiger partial charge in [0.15, 0.2) is 0 Å². The Hall–Kier alpha value is -14.4. The van der Waals surface area contributed by atoms with Crippen molar-refractivity contribution in [1.29, 1.82) is 0 Å². The molecule has 2 aliphatic rings. The molecule has 2 aliphatic carbocycles. The van der Waals surface area contributed by atoms with Crippen molar-refractivity contribution in [2.75, 3.05) is 0 Å². The van der Waals surface area contributed by atoms with E-state index < -0.39 is 10.8 Å². The highest BCUT2D eigenvalue weighted by Crippen LogP contribution is 2.60. The molecular formula is C110H72N2. The molecule has 2 aromatic heterocycles. The van der Waals surface area contributed by atoms with Crippen LogP contribution in [0.25, 0.3) is 156 Å². The molecule has 0 amide bonds. The summed E-state index contributed by atoms with van der Waals surface area (Å²) in [4.78, 5) is 0. The molecule has 112 heavy (non-hydrogen) atoms. The summed E-state index contributed by atoms with van der Waals surface area (Å²) in [5.74, 6) is 0. The Morgan fingerprint density at radius 1 is 0.179 bits per heavy atom. The number of rotatable bonds is 13. The van der Waals surface area contributed by atoms with E-state index in [9.17, 15) is 0 Å². The van der Waals surface area contributed by atoms with Crippen molar-refractivity contribution < 1.29 is 0 Å². The summed E-state index contributed by atoms with van der Waals surface area (Å²) in [6.45, 7) is 0. The van der Waals surface area contributed by atoms with Gasteiger partial charge in [0.1, 0.15) is 0 Å². The van der Waals surface area contributed by atoms with Gasteiger partial charge in [-0.1, -0.05) is 364 Å². The van der Waals surface area contributed by atoms with E-state index in [-0.39, 0.29) is 0 Å². The number of fused-ring (bicyclic) bond motifs is 14. The maximum absolute atomic E-state index is 2.52. The number of para-hydroxylation sites is 2. The van der Waals surface area contributed by atoms with Gasteiger partial charge in [0, 0.05) is 32.3 Å². The zero-order valence-corrected chi connectivity index (χ0v) is 61.5. The Labute approximate surface area is 651 Å². The molecule has 522 valence electrons. The van der Waals surface area contributed by atoms with Crippen LogP contribution in [0.4, 0.5) is 0 Å². The van der Waals surface area contributed by atoms with Crippen LogP contribution >= 0.6 is 0 Å². The summed E-state index contributed by atoms with van der Waals surface area (Å²) in [6.07, 6.45) is 9.12. The SMILES string of the molecule is C(=C\c1ccc2c(c1)C(c1ccccc1)(c1ccccc1)c1cc(-c3ccc4c(c3)C(c3ccccc3)(c3ccccc3)c3cc(/C=C/c5ccc(-c6ccc7c(c6)c6ccccc6n7-c6cccc7ccccc67)cc5)ccc3-4)ccc1-2)/c1ccc(-c2ccc3c(c2)c2ccccc2n3-c2cccc3ccccc23)cc1. The molecule has 22 rings (SSSR count). The van der Waals surface area contributed by atoms with E-state index in [0.717, 1.165) is 22.3 Å². The minimum absolute atomic E-state index is 0.633. The number of benzene rings is 18. The Balaban J connectivity index is 0.596. The third kappa shape index (κ3) is 10.2. The number of hydrogen-bond donors (Lipinski definition) is 0. The minimum atomic E-state index is -0.633. The maximum atomic E-state index is 2.52. The molecule has 2 heterocycles. The van der Waals surface area contributed by atoms with Crippen molar-refractivity contribution >= 4 is 89.5 Å². The highest BCUT2D eigenvalue weighted by Gasteiger charge is 2.48. The fourth-order valence-electron chi connectivity index (χ4n) is 19.2. The lowest BCUT2D eigenvalue weighted by molar-refractivity contribution is 0.767. The molecule has 2 nitrogen and oxygen atoms in total. The minimum Gasteiger partial charge on any atom is -0.309 e. The van der Waals surface area contributed by atoms with Crippen molar-refractivity contribution in [3.05, 3.63) is 479 Å². The van der Waals surface area contributed by atoms with E-state index >= 15 is 0 Å². The fraction of sp³-hybridized carbons (Fsp3) is 0.0182. The average Bonchev–Trinajstić information content (AvgIpc) is 1.53. The topological polar surface area (TPSA) is 9.86 Å². The lowest BCUT2D eigenvalue weighted by Gasteiger charge is -2.35. The highest BCUT2D eigenvalue weighted by atomic mass is 15.0. The molecule has 0 atom stereocenters. The Bertz CT molecular complexity index is 6670. The van der Waals surface area contributed by atoms with Gasteiger partial charge in [0.25, 0.3) is 0 Å². The van der Waals surface area contributed by atoms with Gasteiger partial charge < -0.3 is 9.13 Å².